The van der Waals surface area contributed by atoms with Crippen LogP contribution in [0.15, 0.2) is 42.8 Å². The second kappa shape index (κ2) is 17.4. The fourth-order valence-electron chi connectivity index (χ4n) is 5.12. The summed E-state index contributed by atoms with van der Waals surface area (Å²) < 4.78 is 11.9. The number of hydrogen-bond donors (Lipinski definition) is 2. The molecule has 1 aromatic rings. The van der Waals surface area contributed by atoms with E-state index in [4.69, 9.17) is 15.2 Å². The first-order chi connectivity index (χ1) is 18.7. The number of ether oxygens (including phenoxy) is 2. The van der Waals surface area contributed by atoms with Crippen LogP contribution in [-0.2, 0) is 22.4 Å². The molecule has 0 spiro atoms. The van der Waals surface area contributed by atoms with Crippen molar-refractivity contribution in [1.82, 2.24) is 5.32 Å². The number of amides is 1. The molecule has 228 valence electrons. The third-order valence-electron chi connectivity index (χ3n) is 8.29. The molecule has 0 aliphatic heterocycles. The molecule has 0 radical (unpaired) electrons. The van der Waals surface area contributed by atoms with E-state index in [0.717, 1.165) is 31.4 Å². The maximum absolute atomic E-state index is 13.3. The maximum atomic E-state index is 13.3. The zero-order chi connectivity index (χ0) is 30.5. The van der Waals surface area contributed by atoms with Crippen LogP contribution in [0.1, 0.15) is 105 Å². The molecule has 0 aromatic heterocycles. The summed E-state index contributed by atoms with van der Waals surface area (Å²) in [5, 5.41) is 3.12. The molecule has 0 saturated heterocycles. The molecule has 3 N–H and O–H groups in total. The lowest BCUT2D eigenvalue weighted by molar-refractivity contribution is -0.128. The van der Waals surface area contributed by atoms with Crippen molar-refractivity contribution < 1.29 is 14.3 Å². The molecule has 1 amide bonds. The average molecular weight is 557 g/mol. The Morgan fingerprint density at radius 3 is 2.27 bits per heavy atom. The van der Waals surface area contributed by atoms with Crippen LogP contribution in [0.25, 0.3) is 0 Å². The summed E-state index contributed by atoms with van der Waals surface area (Å²) in [6.45, 7) is 25.3. The summed E-state index contributed by atoms with van der Waals surface area (Å²) in [4.78, 5) is 13.3. The van der Waals surface area contributed by atoms with Gasteiger partial charge in [0.25, 0.3) is 0 Å². The monoisotopic (exact) mass is 556 g/mol. The summed E-state index contributed by atoms with van der Waals surface area (Å²) in [5.74, 6) is 2.81. The lowest BCUT2D eigenvalue weighted by Crippen LogP contribution is -2.42. The van der Waals surface area contributed by atoms with E-state index in [9.17, 15) is 4.79 Å². The van der Waals surface area contributed by atoms with E-state index in [2.05, 4.69) is 71.3 Å². The summed E-state index contributed by atoms with van der Waals surface area (Å²) in [6, 6.07) is 6.70. The number of hydrogen-bond acceptors (Lipinski definition) is 4. The Kier molecular flexibility index (Phi) is 15.5. The van der Waals surface area contributed by atoms with E-state index < -0.39 is 0 Å². The van der Waals surface area contributed by atoms with Crippen LogP contribution in [0.5, 0.6) is 5.75 Å². The molecule has 1 rings (SSSR count). The topological polar surface area (TPSA) is 73.6 Å². The number of benzene rings is 1. The molecule has 0 bridgehead atoms. The van der Waals surface area contributed by atoms with Gasteiger partial charge in [-0.25, -0.2) is 0 Å². The Bertz CT molecular complexity index is 935. The van der Waals surface area contributed by atoms with E-state index in [1.807, 2.05) is 20.8 Å². The molecular weight excluding hydrogens is 496 g/mol. The van der Waals surface area contributed by atoms with Crippen molar-refractivity contribution in [2.45, 2.75) is 113 Å². The number of rotatable bonds is 20. The third-order valence-corrected chi connectivity index (χ3v) is 8.29. The highest BCUT2D eigenvalue weighted by molar-refractivity contribution is 5.79. The second-order valence-corrected chi connectivity index (χ2v) is 13.0. The minimum Gasteiger partial charge on any atom is -0.496 e. The zero-order valence-corrected chi connectivity index (χ0v) is 27.2. The number of allylic oxidation sites excluding steroid dienone is 1. The number of carbonyl (C=O) groups excluding carboxylic acids is 1. The van der Waals surface area contributed by atoms with Gasteiger partial charge >= 0.3 is 0 Å². The summed E-state index contributed by atoms with van der Waals surface area (Å²) in [7, 11) is 1.76. The van der Waals surface area contributed by atoms with Crippen molar-refractivity contribution in [3.05, 3.63) is 53.9 Å². The predicted octanol–water partition coefficient (Wildman–Crippen LogP) is 8.22. The number of unbranched alkanes of at least 4 members (excludes halogenated alkanes) is 2. The fourth-order valence-corrected chi connectivity index (χ4v) is 5.12. The van der Waals surface area contributed by atoms with Crippen molar-refractivity contribution >= 4 is 5.91 Å². The van der Waals surface area contributed by atoms with Crippen LogP contribution >= 0.6 is 0 Å². The van der Waals surface area contributed by atoms with E-state index >= 15 is 0 Å². The van der Waals surface area contributed by atoms with Gasteiger partial charge < -0.3 is 20.5 Å². The van der Waals surface area contributed by atoms with E-state index in [1.54, 1.807) is 7.11 Å². The van der Waals surface area contributed by atoms with E-state index in [0.29, 0.717) is 36.3 Å². The first-order valence-electron chi connectivity index (χ1n) is 15.4. The highest BCUT2D eigenvalue weighted by atomic mass is 16.5. The quantitative estimate of drug-likeness (QED) is 0.125. The number of nitrogens with one attached hydrogen (secondary N) is 1. The predicted molar refractivity (Wildman–Crippen MR) is 170 cm³/mol. The van der Waals surface area contributed by atoms with E-state index in [1.165, 1.54) is 30.4 Å². The third kappa shape index (κ3) is 12.4. The number of nitrogens with two attached hydrogens (primary N) is 1. The molecule has 5 heteroatoms. The van der Waals surface area contributed by atoms with Crippen LogP contribution in [0.2, 0.25) is 0 Å². The average Bonchev–Trinajstić information content (AvgIpc) is 2.87. The number of aryl methyl sites for hydroxylation is 1. The molecule has 5 nitrogen and oxygen atoms in total. The van der Waals surface area contributed by atoms with Crippen molar-refractivity contribution in [1.29, 1.82) is 0 Å². The first-order valence-corrected chi connectivity index (χ1v) is 15.4. The van der Waals surface area contributed by atoms with Gasteiger partial charge in [-0.3, -0.25) is 4.79 Å². The SMILES string of the molecule is C=C(C)OC(CCC(Cc1ccc(OC)c(CCCCC)c1)C(C)C)CC(C(=O)NCC(C)(C)C(=C)N)C(C)C. The molecule has 40 heavy (non-hydrogen) atoms. The van der Waals surface area contributed by atoms with Gasteiger partial charge in [0, 0.05) is 23.6 Å². The fraction of sp³-hybridized carbons (Fsp3) is 0.686. The minimum atomic E-state index is -0.355. The molecule has 1 aromatic carbocycles. The van der Waals surface area contributed by atoms with Crippen LogP contribution in [0.4, 0.5) is 0 Å². The van der Waals surface area contributed by atoms with Gasteiger partial charge in [0.1, 0.15) is 5.75 Å². The summed E-state index contributed by atoms with van der Waals surface area (Å²) in [5.41, 5.74) is 8.84. The van der Waals surface area contributed by atoms with Gasteiger partial charge in [-0.15, -0.1) is 0 Å². The maximum Gasteiger partial charge on any atom is 0.223 e. The highest BCUT2D eigenvalue weighted by Gasteiger charge is 2.30. The normalized spacial score (nSPS) is 14.1. The van der Waals surface area contributed by atoms with E-state index in [-0.39, 0.29) is 29.3 Å². The molecule has 0 heterocycles. The van der Waals surface area contributed by atoms with Gasteiger partial charge in [0.05, 0.1) is 19.0 Å². The molecule has 0 saturated carbocycles. The van der Waals surface area contributed by atoms with Gasteiger partial charge in [-0.2, -0.15) is 0 Å². The van der Waals surface area contributed by atoms with Crippen LogP contribution in [0.3, 0.4) is 0 Å². The van der Waals surface area contributed by atoms with Gasteiger partial charge in [0.15, 0.2) is 0 Å². The van der Waals surface area contributed by atoms with Crippen molar-refractivity contribution in [3.63, 3.8) is 0 Å². The summed E-state index contributed by atoms with van der Waals surface area (Å²) in [6.07, 6.45) is 8.23. The van der Waals surface area contributed by atoms with Crippen LogP contribution < -0.4 is 15.8 Å². The van der Waals surface area contributed by atoms with Crippen molar-refractivity contribution in [2.75, 3.05) is 13.7 Å². The van der Waals surface area contributed by atoms with Gasteiger partial charge in [-0.1, -0.05) is 86.6 Å². The van der Waals surface area contributed by atoms with Crippen LogP contribution in [0, 0.1) is 29.1 Å². The Morgan fingerprint density at radius 2 is 1.75 bits per heavy atom. The van der Waals surface area contributed by atoms with Gasteiger partial charge in [-0.05, 0) is 80.4 Å². The Labute approximate surface area is 246 Å². The molecular formula is C35H60N2O3. The smallest absolute Gasteiger partial charge is 0.223 e. The van der Waals surface area contributed by atoms with Crippen LogP contribution in [-0.4, -0.2) is 25.7 Å². The standard InChI is InChI=1S/C35H60N2O3/c1-12-13-14-15-30-21-28(16-19-33(30)39-11)20-29(24(2)3)17-18-31(40-26(6)7)22-32(25(4)5)34(38)37-23-35(9,10)27(8)36/h16,19,21,24-25,29,31-32H,6,8,12-15,17-18,20,22-23,36H2,1-5,7,9-11H3,(H,37,38). The molecule has 3 unspecified atom stereocenters. The first kappa shape index (κ1) is 35.6. The van der Waals surface area contributed by atoms with Crippen molar-refractivity contribution in [2.24, 2.45) is 34.8 Å². The Morgan fingerprint density at radius 1 is 1.07 bits per heavy atom. The zero-order valence-electron chi connectivity index (χ0n) is 27.2. The van der Waals surface area contributed by atoms with Gasteiger partial charge in [0.2, 0.25) is 5.91 Å². The molecule has 0 aliphatic carbocycles. The number of carbonyl (C=O) groups is 1. The highest BCUT2D eigenvalue weighted by Crippen LogP contribution is 2.30. The lowest BCUT2D eigenvalue weighted by Gasteiger charge is -2.30. The Hall–Kier alpha value is -2.43. The van der Waals surface area contributed by atoms with Crippen molar-refractivity contribution in [3.8, 4) is 5.75 Å². The lowest BCUT2D eigenvalue weighted by atomic mass is 9.82. The summed E-state index contributed by atoms with van der Waals surface area (Å²) >= 11 is 0. The minimum absolute atomic E-state index is 0.0499. The molecule has 0 aliphatic rings. The Balaban J connectivity index is 2.98. The second-order valence-electron chi connectivity index (χ2n) is 13.0. The largest absolute Gasteiger partial charge is 0.496 e. The molecule has 0 fully saturated rings. The molecule has 3 atom stereocenters. The number of methoxy groups -OCH3 is 1.